The van der Waals surface area contributed by atoms with Gasteiger partial charge in [0.05, 0.1) is 6.20 Å². The minimum atomic E-state index is -0.344. The van der Waals surface area contributed by atoms with Gasteiger partial charge < -0.3 is 4.57 Å². The van der Waals surface area contributed by atoms with Crippen molar-refractivity contribution in [3.05, 3.63) is 18.1 Å². The Morgan fingerprint density at radius 3 is 2.80 bits per heavy atom. The maximum Gasteiger partial charge on any atom is 0.170 e. The summed E-state index contributed by atoms with van der Waals surface area (Å²) < 4.78 is 15.0. The molecule has 15 heavy (non-hydrogen) atoms. The first kappa shape index (κ1) is 10.4. The van der Waals surface area contributed by atoms with E-state index in [0.29, 0.717) is 5.52 Å². The van der Waals surface area contributed by atoms with Crippen molar-refractivity contribution in [1.82, 2.24) is 14.5 Å². The summed E-state index contributed by atoms with van der Waals surface area (Å²) in [6.07, 6.45) is 3.18. The van der Waals surface area contributed by atoms with Crippen LogP contribution in [-0.2, 0) is 0 Å². The fourth-order valence-electron chi connectivity index (χ4n) is 1.55. The third-order valence-electron chi connectivity index (χ3n) is 2.16. The van der Waals surface area contributed by atoms with Gasteiger partial charge in [-0.2, -0.15) is 0 Å². The van der Waals surface area contributed by atoms with Gasteiger partial charge in [0, 0.05) is 12.1 Å². The van der Waals surface area contributed by atoms with Crippen LogP contribution in [0.4, 0.5) is 4.39 Å². The summed E-state index contributed by atoms with van der Waals surface area (Å²) >= 11 is 1.54. The second-order valence-electron chi connectivity index (χ2n) is 3.56. The smallest absolute Gasteiger partial charge is 0.170 e. The van der Waals surface area contributed by atoms with E-state index in [0.717, 1.165) is 10.8 Å². The normalized spacial score (nSPS) is 11.5. The first-order valence-electron chi connectivity index (χ1n) is 4.71. The first-order chi connectivity index (χ1) is 7.13. The summed E-state index contributed by atoms with van der Waals surface area (Å²) in [5, 5.41) is 0.873. The maximum atomic E-state index is 13.0. The lowest BCUT2D eigenvalue weighted by Crippen LogP contribution is -2.03. The van der Waals surface area contributed by atoms with Crippen LogP contribution in [0.3, 0.4) is 0 Å². The molecule has 0 N–H and O–H groups in total. The summed E-state index contributed by atoms with van der Waals surface area (Å²) in [7, 11) is 0. The lowest BCUT2D eigenvalue weighted by atomic mass is 10.4. The predicted molar refractivity (Wildman–Crippen MR) is 59.7 cm³/mol. The van der Waals surface area contributed by atoms with Gasteiger partial charge in [-0.1, -0.05) is 11.8 Å². The quantitative estimate of drug-likeness (QED) is 0.736. The van der Waals surface area contributed by atoms with E-state index in [1.165, 1.54) is 12.3 Å². The van der Waals surface area contributed by atoms with Crippen molar-refractivity contribution in [1.29, 1.82) is 0 Å². The summed E-state index contributed by atoms with van der Waals surface area (Å²) in [5.74, 6) is -0.344. The van der Waals surface area contributed by atoms with Crippen molar-refractivity contribution >= 4 is 22.9 Å². The minimum Gasteiger partial charge on any atom is -0.301 e. The van der Waals surface area contributed by atoms with Gasteiger partial charge in [0.2, 0.25) is 0 Å². The van der Waals surface area contributed by atoms with Crippen molar-refractivity contribution in [2.75, 3.05) is 6.26 Å². The molecule has 2 rings (SSSR count). The zero-order valence-corrected chi connectivity index (χ0v) is 9.68. The molecule has 0 atom stereocenters. The third-order valence-corrected chi connectivity index (χ3v) is 2.82. The molecule has 0 bridgehead atoms. The van der Waals surface area contributed by atoms with Gasteiger partial charge in [0.25, 0.3) is 0 Å². The molecular weight excluding hydrogens is 213 g/mol. The van der Waals surface area contributed by atoms with E-state index in [1.54, 1.807) is 11.8 Å². The van der Waals surface area contributed by atoms with Gasteiger partial charge in [-0.15, -0.1) is 0 Å². The Bertz CT molecular complexity index is 493. The molecule has 0 aromatic carbocycles. The van der Waals surface area contributed by atoms with Crippen LogP contribution in [0.1, 0.15) is 19.9 Å². The number of nitrogens with zero attached hydrogens (tertiary/aromatic N) is 3. The van der Waals surface area contributed by atoms with Gasteiger partial charge in [0.15, 0.2) is 10.8 Å². The molecule has 0 radical (unpaired) electrons. The topological polar surface area (TPSA) is 30.7 Å². The molecule has 3 nitrogen and oxygen atoms in total. The lowest BCUT2D eigenvalue weighted by Gasteiger charge is -2.10. The number of hydrogen-bond acceptors (Lipinski definition) is 3. The predicted octanol–water partition coefficient (Wildman–Crippen LogP) is 2.87. The number of aromatic nitrogens is 3. The molecule has 0 aliphatic rings. The fraction of sp³-hybridized carbons (Fsp3) is 0.400. The van der Waals surface area contributed by atoms with Crippen molar-refractivity contribution in [2.45, 2.75) is 25.0 Å². The first-order valence-corrected chi connectivity index (χ1v) is 5.93. The van der Waals surface area contributed by atoms with Crippen LogP contribution in [-0.4, -0.2) is 20.8 Å². The number of fused-ring (bicyclic) bond motifs is 1. The molecule has 0 aliphatic carbocycles. The molecule has 80 valence electrons. The van der Waals surface area contributed by atoms with Crippen LogP contribution >= 0.6 is 11.8 Å². The molecule has 2 heterocycles. The van der Waals surface area contributed by atoms with E-state index in [9.17, 15) is 4.39 Å². The summed E-state index contributed by atoms with van der Waals surface area (Å²) in [5.41, 5.74) is 1.36. The molecule has 0 saturated carbocycles. The van der Waals surface area contributed by atoms with E-state index in [1.807, 2.05) is 10.8 Å². The molecule has 0 fully saturated rings. The third kappa shape index (κ3) is 1.71. The van der Waals surface area contributed by atoms with E-state index < -0.39 is 0 Å². The molecular formula is C10H12FN3S. The Balaban J connectivity index is 2.74. The number of thioether (sulfide) groups is 1. The standard InChI is InChI=1S/C10H12FN3S/c1-6(2)14-9-8(13-10(14)15-3)4-7(11)5-12-9/h4-6H,1-3H3. The fourth-order valence-corrected chi connectivity index (χ4v) is 2.23. The number of halogens is 1. The summed E-state index contributed by atoms with van der Waals surface area (Å²) in [6.45, 7) is 4.12. The zero-order valence-electron chi connectivity index (χ0n) is 8.86. The average Bonchev–Trinajstić information content (AvgIpc) is 2.54. The lowest BCUT2D eigenvalue weighted by molar-refractivity contribution is 0.561. The van der Waals surface area contributed by atoms with Crippen molar-refractivity contribution in [3.63, 3.8) is 0 Å². The highest BCUT2D eigenvalue weighted by molar-refractivity contribution is 7.98. The maximum absolute atomic E-state index is 13.0. The Morgan fingerprint density at radius 1 is 1.47 bits per heavy atom. The monoisotopic (exact) mass is 225 g/mol. The molecule has 0 spiro atoms. The van der Waals surface area contributed by atoms with Gasteiger partial charge in [0.1, 0.15) is 11.3 Å². The van der Waals surface area contributed by atoms with E-state index in [-0.39, 0.29) is 11.9 Å². The van der Waals surface area contributed by atoms with Crippen LogP contribution in [0.5, 0.6) is 0 Å². The van der Waals surface area contributed by atoms with E-state index in [2.05, 4.69) is 23.8 Å². The highest BCUT2D eigenvalue weighted by Crippen LogP contribution is 2.25. The van der Waals surface area contributed by atoms with E-state index in [4.69, 9.17) is 0 Å². The highest BCUT2D eigenvalue weighted by atomic mass is 32.2. The van der Waals surface area contributed by atoms with Crippen LogP contribution in [0.2, 0.25) is 0 Å². The van der Waals surface area contributed by atoms with Crippen LogP contribution in [0, 0.1) is 5.82 Å². The summed E-state index contributed by atoms with van der Waals surface area (Å²) in [6, 6.07) is 1.69. The minimum absolute atomic E-state index is 0.274. The van der Waals surface area contributed by atoms with Crippen LogP contribution < -0.4 is 0 Å². The van der Waals surface area contributed by atoms with Crippen LogP contribution in [0.15, 0.2) is 17.4 Å². The molecule has 0 saturated heterocycles. The molecule has 2 aromatic rings. The number of hydrogen-bond donors (Lipinski definition) is 0. The second-order valence-corrected chi connectivity index (χ2v) is 4.33. The van der Waals surface area contributed by atoms with Gasteiger partial charge in [-0.05, 0) is 20.1 Å². The Kier molecular flexibility index (Phi) is 2.65. The molecule has 0 amide bonds. The highest BCUT2D eigenvalue weighted by Gasteiger charge is 2.13. The molecule has 5 heteroatoms. The number of imidazole rings is 1. The largest absolute Gasteiger partial charge is 0.301 e. The van der Waals surface area contributed by atoms with Gasteiger partial charge in [-0.25, -0.2) is 14.4 Å². The Labute approximate surface area is 91.7 Å². The van der Waals surface area contributed by atoms with Crippen LogP contribution in [0.25, 0.3) is 11.2 Å². The number of rotatable bonds is 2. The Hall–Kier alpha value is -1.10. The average molecular weight is 225 g/mol. The molecule has 0 unspecified atom stereocenters. The zero-order chi connectivity index (χ0) is 11.0. The van der Waals surface area contributed by atoms with Crippen molar-refractivity contribution in [3.8, 4) is 0 Å². The van der Waals surface area contributed by atoms with Crippen molar-refractivity contribution in [2.24, 2.45) is 0 Å². The second kappa shape index (κ2) is 3.81. The summed E-state index contributed by atoms with van der Waals surface area (Å²) in [4.78, 5) is 8.42. The SMILES string of the molecule is CSc1nc2cc(F)cnc2n1C(C)C. The Morgan fingerprint density at radius 2 is 2.20 bits per heavy atom. The van der Waals surface area contributed by atoms with Gasteiger partial charge >= 0.3 is 0 Å². The van der Waals surface area contributed by atoms with E-state index >= 15 is 0 Å². The molecule has 2 aromatic heterocycles. The van der Waals surface area contributed by atoms with Crippen molar-refractivity contribution < 1.29 is 4.39 Å². The van der Waals surface area contributed by atoms with Gasteiger partial charge in [-0.3, -0.25) is 0 Å². The number of pyridine rings is 1. The molecule has 0 aliphatic heterocycles.